The Kier molecular flexibility index (Phi) is 3.55. The first-order chi connectivity index (χ1) is 8.99. The smallest absolute Gasteiger partial charge is 0.254 e. The lowest BCUT2D eigenvalue weighted by Crippen LogP contribution is -2.24. The Labute approximate surface area is 106 Å². The average Bonchev–Trinajstić information content (AvgIpc) is 2.79. The molecule has 0 aliphatic rings. The lowest BCUT2D eigenvalue weighted by Gasteiger charge is -2.05. The van der Waals surface area contributed by atoms with Crippen molar-refractivity contribution in [3.63, 3.8) is 0 Å². The Morgan fingerprint density at radius 3 is 2.68 bits per heavy atom. The van der Waals surface area contributed by atoms with E-state index in [1.165, 1.54) is 6.26 Å². The van der Waals surface area contributed by atoms with Crippen LogP contribution in [0.4, 0.5) is 13.2 Å². The van der Waals surface area contributed by atoms with Gasteiger partial charge in [0, 0.05) is 6.92 Å². The minimum atomic E-state index is -1.68. The second-order valence-electron chi connectivity index (χ2n) is 3.76. The standard InChI is InChI=1S/C12H9F3N2O2/c1-6-17-7(5-19-6)4-16-12(18)8-2-3-9(13)11(15)10(8)14/h2-3,5H,4H2,1H3,(H,16,18). The zero-order valence-corrected chi connectivity index (χ0v) is 9.84. The van der Waals surface area contributed by atoms with E-state index < -0.39 is 28.9 Å². The van der Waals surface area contributed by atoms with E-state index in [1.54, 1.807) is 6.92 Å². The molecule has 100 valence electrons. The molecule has 7 heteroatoms. The van der Waals surface area contributed by atoms with E-state index >= 15 is 0 Å². The van der Waals surface area contributed by atoms with E-state index in [4.69, 9.17) is 4.42 Å². The summed E-state index contributed by atoms with van der Waals surface area (Å²) in [5, 5.41) is 2.33. The van der Waals surface area contributed by atoms with Gasteiger partial charge in [-0.1, -0.05) is 0 Å². The summed E-state index contributed by atoms with van der Waals surface area (Å²) in [5.74, 6) is -4.99. The van der Waals surface area contributed by atoms with Gasteiger partial charge in [0.2, 0.25) is 0 Å². The molecule has 0 atom stereocenters. The quantitative estimate of drug-likeness (QED) is 0.871. The van der Waals surface area contributed by atoms with Crippen LogP contribution in [0, 0.1) is 24.4 Å². The number of halogens is 3. The highest BCUT2D eigenvalue weighted by atomic mass is 19.2. The third-order valence-electron chi connectivity index (χ3n) is 2.38. The van der Waals surface area contributed by atoms with Crippen LogP contribution in [0.2, 0.25) is 0 Å². The highest BCUT2D eigenvalue weighted by Gasteiger charge is 2.18. The SMILES string of the molecule is Cc1nc(CNC(=O)c2ccc(F)c(F)c2F)co1. The van der Waals surface area contributed by atoms with Crippen molar-refractivity contribution >= 4 is 5.91 Å². The van der Waals surface area contributed by atoms with Gasteiger partial charge in [-0.3, -0.25) is 4.79 Å². The van der Waals surface area contributed by atoms with Crippen LogP contribution in [0.5, 0.6) is 0 Å². The topological polar surface area (TPSA) is 55.1 Å². The maximum Gasteiger partial charge on any atom is 0.254 e. The highest BCUT2D eigenvalue weighted by Crippen LogP contribution is 2.15. The third kappa shape index (κ3) is 2.75. The zero-order chi connectivity index (χ0) is 14.0. The van der Waals surface area contributed by atoms with E-state index in [0.717, 1.165) is 6.07 Å². The monoisotopic (exact) mass is 270 g/mol. The molecule has 1 heterocycles. The maximum absolute atomic E-state index is 13.3. The first-order valence-electron chi connectivity index (χ1n) is 5.31. The van der Waals surface area contributed by atoms with E-state index in [0.29, 0.717) is 17.7 Å². The molecular weight excluding hydrogens is 261 g/mol. The summed E-state index contributed by atoms with van der Waals surface area (Å²) < 4.78 is 43.9. The number of aryl methyl sites for hydroxylation is 1. The van der Waals surface area contributed by atoms with Crippen LogP contribution in [0.3, 0.4) is 0 Å². The first kappa shape index (κ1) is 13.1. The van der Waals surface area contributed by atoms with E-state index in [9.17, 15) is 18.0 Å². The normalized spacial score (nSPS) is 10.5. The number of nitrogens with zero attached hydrogens (tertiary/aromatic N) is 1. The molecule has 0 saturated carbocycles. The van der Waals surface area contributed by atoms with Crippen molar-refractivity contribution in [2.75, 3.05) is 0 Å². The second-order valence-corrected chi connectivity index (χ2v) is 3.76. The summed E-state index contributed by atoms with van der Waals surface area (Å²) in [7, 11) is 0. The predicted octanol–water partition coefficient (Wildman–Crippen LogP) is 2.33. The van der Waals surface area contributed by atoms with Gasteiger partial charge < -0.3 is 9.73 Å². The van der Waals surface area contributed by atoms with Gasteiger partial charge in [-0.15, -0.1) is 0 Å². The van der Waals surface area contributed by atoms with Gasteiger partial charge in [-0.05, 0) is 12.1 Å². The number of oxazole rings is 1. The summed E-state index contributed by atoms with van der Waals surface area (Å²) in [6.45, 7) is 1.62. The predicted molar refractivity (Wildman–Crippen MR) is 58.7 cm³/mol. The van der Waals surface area contributed by atoms with E-state index in [-0.39, 0.29) is 6.54 Å². The molecule has 2 aromatic rings. The number of amides is 1. The average molecular weight is 270 g/mol. The molecule has 1 aromatic carbocycles. The van der Waals surface area contributed by atoms with Crippen molar-refractivity contribution < 1.29 is 22.4 Å². The van der Waals surface area contributed by atoms with Gasteiger partial charge in [0.1, 0.15) is 6.26 Å². The molecule has 0 radical (unpaired) electrons. The van der Waals surface area contributed by atoms with Crippen molar-refractivity contribution in [2.45, 2.75) is 13.5 Å². The Balaban J connectivity index is 2.10. The molecule has 1 amide bonds. The van der Waals surface area contributed by atoms with Crippen LogP contribution in [-0.2, 0) is 6.54 Å². The number of aromatic nitrogens is 1. The summed E-state index contributed by atoms with van der Waals surface area (Å²) in [6, 6.07) is 1.56. The van der Waals surface area contributed by atoms with Crippen molar-refractivity contribution in [1.82, 2.24) is 10.3 Å². The van der Waals surface area contributed by atoms with Crippen molar-refractivity contribution in [3.05, 3.63) is 53.0 Å². The summed E-state index contributed by atoms with van der Waals surface area (Å²) in [4.78, 5) is 15.5. The van der Waals surface area contributed by atoms with Crippen LogP contribution < -0.4 is 5.32 Å². The van der Waals surface area contributed by atoms with Gasteiger partial charge in [0.25, 0.3) is 5.91 Å². The molecule has 0 aliphatic heterocycles. The maximum atomic E-state index is 13.3. The fourth-order valence-electron chi connectivity index (χ4n) is 1.46. The van der Waals surface area contributed by atoms with E-state index in [1.807, 2.05) is 0 Å². The number of nitrogens with one attached hydrogen (secondary N) is 1. The van der Waals surface area contributed by atoms with Gasteiger partial charge in [-0.25, -0.2) is 18.2 Å². The van der Waals surface area contributed by atoms with Crippen LogP contribution in [0.1, 0.15) is 21.9 Å². The third-order valence-corrected chi connectivity index (χ3v) is 2.38. The largest absolute Gasteiger partial charge is 0.449 e. The minimum Gasteiger partial charge on any atom is -0.449 e. The zero-order valence-electron chi connectivity index (χ0n) is 9.84. The molecule has 0 unspecified atom stereocenters. The van der Waals surface area contributed by atoms with Crippen molar-refractivity contribution in [2.24, 2.45) is 0 Å². The second kappa shape index (κ2) is 5.13. The Morgan fingerprint density at radius 1 is 1.32 bits per heavy atom. The molecule has 0 aliphatic carbocycles. The molecule has 19 heavy (non-hydrogen) atoms. The number of hydrogen-bond donors (Lipinski definition) is 1. The lowest BCUT2D eigenvalue weighted by molar-refractivity contribution is 0.0945. The number of benzene rings is 1. The molecule has 1 N–H and O–H groups in total. The number of rotatable bonds is 3. The summed E-state index contributed by atoms with van der Waals surface area (Å²) >= 11 is 0. The number of carbonyl (C=O) groups excluding carboxylic acids is 1. The molecule has 0 saturated heterocycles. The van der Waals surface area contributed by atoms with Gasteiger partial charge >= 0.3 is 0 Å². The molecule has 0 bridgehead atoms. The molecule has 1 aromatic heterocycles. The van der Waals surface area contributed by atoms with Gasteiger partial charge in [0.15, 0.2) is 23.3 Å². The lowest BCUT2D eigenvalue weighted by atomic mass is 10.2. The van der Waals surface area contributed by atoms with E-state index in [2.05, 4.69) is 10.3 Å². The molecule has 0 spiro atoms. The molecule has 0 fully saturated rings. The summed E-state index contributed by atoms with van der Waals surface area (Å²) in [6.07, 6.45) is 1.33. The van der Waals surface area contributed by atoms with Crippen molar-refractivity contribution in [1.29, 1.82) is 0 Å². The minimum absolute atomic E-state index is 0.00535. The molecular formula is C12H9F3N2O2. The summed E-state index contributed by atoms with van der Waals surface area (Å²) in [5.41, 5.74) is -0.132. The highest BCUT2D eigenvalue weighted by molar-refractivity contribution is 5.94. The first-order valence-corrected chi connectivity index (χ1v) is 5.31. The molecule has 2 rings (SSSR count). The fourth-order valence-corrected chi connectivity index (χ4v) is 1.46. The Bertz CT molecular complexity index is 625. The number of carbonyl (C=O) groups is 1. The number of hydrogen-bond acceptors (Lipinski definition) is 3. The van der Waals surface area contributed by atoms with Gasteiger partial charge in [0.05, 0.1) is 17.8 Å². The van der Waals surface area contributed by atoms with Crippen molar-refractivity contribution in [3.8, 4) is 0 Å². The van der Waals surface area contributed by atoms with Crippen LogP contribution >= 0.6 is 0 Å². The van der Waals surface area contributed by atoms with Crippen LogP contribution in [0.15, 0.2) is 22.8 Å². The van der Waals surface area contributed by atoms with Crippen LogP contribution in [-0.4, -0.2) is 10.9 Å². The van der Waals surface area contributed by atoms with Gasteiger partial charge in [-0.2, -0.15) is 0 Å². The van der Waals surface area contributed by atoms with Crippen LogP contribution in [0.25, 0.3) is 0 Å². The Morgan fingerprint density at radius 2 is 2.05 bits per heavy atom. The fraction of sp³-hybridized carbons (Fsp3) is 0.167. The molecule has 4 nitrogen and oxygen atoms in total. The Hall–Kier alpha value is -2.31.